The highest BCUT2D eigenvalue weighted by atomic mass is 79.9. The van der Waals surface area contributed by atoms with Crippen molar-refractivity contribution in [1.82, 2.24) is 0 Å². The second-order valence-electron chi connectivity index (χ2n) is 4.40. The summed E-state index contributed by atoms with van der Waals surface area (Å²) in [5, 5.41) is 3.17. The van der Waals surface area contributed by atoms with Crippen LogP contribution in [0, 0.1) is 5.82 Å². The Bertz CT molecular complexity index is 619. The van der Waals surface area contributed by atoms with Crippen LogP contribution >= 0.6 is 15.9 Å². The van der Waals surface area contributed by atoms with Crippen LogP contribution in [0.3, 0.4) is 0 Å². The van der Waals surface area contributed by atoms with E-state index < -0.39 is 0 Å². The fourth-order valence-corrected chi connectivity index (χ4v) is 2.15. The molecule has 2 aromatic rings. The lowest BCUT2D eigenvalue weighted by atomic mass is 10.2. The molecule has 0 saturated heterocycles. The molecule has 1 N–H and O–H groups in total. The molecule has 0 bridgehead atoms. The van der Waals surface area contributed by atoms with Crippen LogP contribution in [0.2, 0.25) is 0 Å². The van der Waals surface area contributed by atoms with Crippen molar-refractivity contribution in [2.24, 2.45) is 0 Å². The maximum Gasteiger partial charge on any atom is 0.161 e. The summed E-state index contributed by atoms with van der Waals surface area (Å²) in [6, 6.07) is 10.7. The van der Waals surface area contributed by atoms with Crippen LogP contribution in [0.25, 0.3) is 0 Å². The van der Waals surface area contributed by atoms with Gasteiger partial charge in [0.2, 0.25) is 0 Å². The van der Waals surface area contributed by atoms with Gasteiger partial charge in [0, 0.05) is 12.2 Å². The van der Waals surface area contributed by atoms with Crippen molar-refractivity contribution in [3.8, 4) is 11.5 Å². The molecule has 0 atom stereocenters. The summed E-state index contributed by atoms with van der Waals surface area (Å²) >= 11 is 3.13. The number of halogens is 2. The van der Waals surface area contributed by atoms with E-state index >= 15 is 0 Å². The normalized spacial score (nSPS) is 10.3. The van der Waals surface area contributed by atoms with Crippen molar-refractivity contribution < 1.29 is 13.9 Å². The summed E-state index contributed by atoms with van der Waals surface area (Å²) in [5.41, 5.74) is 1.75. The zero-order valence-corrected chi connectivity index (χ0v) is 13.5. The Labute approximate surface area is 132 Å². The van der Waals surface area contributed by atoms with Crippen LogP contribution in [-0.4, -0.2) is 13.7 Å². The molecule has 3 nitrogen and oxygen atoms in total. The first-order valence-corrected chi connectivity index (χ1v) is 7.42. The van der Waals surface area contributed by atoms with Gasteiger partial charge in [-0.05, 0) is 58.7 Å². The molecular weight excluding hydrogens is 337 g/mol. The number of anilines is 1. The Morgan fingerprint density at radius 2 is 1.95 bits per heavy atom. The topological polar surface area (TPSA) is 30.5 Å². The number of nitrogens with one attached hydrogen (secondary N) is 1. The molecular formula is C16H17BrFNO2. The molecule has 0 aliphatic rings. The molecule has 0 saturated carbocycles. The number of ether oxygens (including phenoxy) is 2. The van der Waals surface area contributed by atoms with E-state index in [1.54, 1.807) is 13.2 Å². The summed E-state index contributed by atoms with van der Waals surface area (Å²) in [5.74, 6) is 1.13. The van der Waals surface area contributed by atoms with Gasteiger partial charge < -0.3 is 14.8 Å². The molecule has 0 radical (unpaired) electrons. The average molecular weight is 354 g/mol. The fraction of sp³-hybridized carbons (Fsp3) is 0.250. The van der Waals surface area contributed by atoms with E-state index in [0.29, 0.717) is 23.4 Å². The number of hydrogen-bond acceptors (Lipinski definition) is 3. The fourth-order valence-electron chi connectivity index (χ4n) is 1.91. The minimum atomic E-state index is -0.288. The third-order valence-electron chi connectivity index (χ3n) is 2.94. The van der Waals surface area contributed by atoms with Gasteiger partial charge in [0.15, 0.2) is 11.5 Å². The first kappa shape index (κ1) is 15.6. The largest absolute Gasteiger partial charge is 0.493 e. The van der Waals surface area contributed by atoms with E-state index in [-0.39, 0.29) is 5.82 Å². The second kappa shape index (κ2) is 7.31. The molecule has 0 unspecified atom stereocenters. The first-order chi connectivity index (χ1) is 10.1. The van der Waals surface area contributed by atoms with Crippen molar-refractivity contribution in [3.05, 3.63) is 52.3 Å². The lowest BCUT2D eigenvalue weighted by molar-refractivity contribution is 0.310. The number of rotatable bonds is 6. The average Bonchev–Trinajstić information content (AvgIpc) is 2.49. The lowest BCUT2D eigenvalue weighted by Crippen LogP contribution is -2.01. The van der Waals surface area contributed by atoms with Gasteiger partial charge in [0.05, 0.1) is 18.2 Å². The summed E-state index contributed by atoms with van der Waals surface area (Å²) in [6.07, 6.45) is 0. The molecule has 2 aromatic carbocycles. The van der Waals surface area contributed by atoms with E-state index in [1.807, 2.05) is 31.2 Å². The molecule has 21 heavy (non-hydrogen) atoms. The molecule has 112 valence electrons. The van der Waals surface area contributed by atoms with Gasteiger partial charge in [0.25, 0.3) is 0 Å². The van der Waals surface area contributed by atoms with E-state index in [0.717, 1.165) is 17.0 Å². The maximum absolute atomic E-state index is 13.4. The monoisotopic (exact) mass is 353 g/mol. The van der Waals surface area contributed by atoms with Crippen LogP contribution in [0.15, 0.2) is 40.9 Å². The van der Waals surface area contributed by atoms with Crippen LogP contribution in [0.5, 0.6) is 11.5 Å². The molecule has 0 heterocycles. The quantitative estimate of drug-likeness (QED) is 0.822. The molecule has 0 spiro atoms. The molecule has 0 amide bonds. The van der Waals surface area contributed by atoms with Crippen molar-refractivity contribution in [3.63, 3.8) is 0 Å². The molecule has 2 rings (SSSR count). The third kappa shape index (κ3) is 4.11. The van der Waals surface area contributed by atoms with Gasteiger partial charge in [-0.15, -0.1) is 0 Å². The highest BCUT2D eigenvalue weighted by molar-refractivity contribution is 9.10. The predicted molar refractivity (Wildman–Crippen MR) is 85.6 cm³/mol. The van der Waals surface area contributed by atoms with Gasteiger partial charge in [-0.2, -0.15) is 0 Å². The Hall–Kier alpha value is -1.75. The van der Waals surface area contributed by atoms with E-state index in [4.69, 9.17) is 9.47 Å². The van der Waals surface area contributed by atoms with Gasteiger partial charge in [-0.3, -0.25) is 0 Å². The lowest BCUT2D eigenvalue weighted by Gasteiger charge is -2.12. The number of methoxy groups -OCH3 is 1. The molecule has 0 aliphatic carbocycles. The zero-order valence-electron chi connectivity index (χ0n) is 12.0. The Kier molecular flexibility index (Phi) is 5.44. The first-order valence-electron chi connectivity index (χ1n) is 6.62. The Morgan fingerprint density at radius 3 is 2.62 bits per heavy atom. The van der Waals surface area contributed by atoms with E-state index in [1.165, 1.54) is 6.07 Å². The molecule has 0 aromatic heterocycles. The van der Waals surface area contributed by atoms with Crippen LogP contribution in [0.1, 0.15) is 12.5 Å². The number of benzene rings is 2. The zero-order chi connectivity index (χ0) is 15.2. The van der Waals surface area contributed by atoms with Crippen LogP contribution in [-0.2, 0) is 6.54 Å². The van der Waals surface area contributed by atoms with Gasteiger partial charge in [0.1, 0.15) is 5.82 Å². The Balaban J connectivity index is 2.07. The summed E-state index contributed by atoms with van der Waals surface area (Å²) in [7, 11) is 1.61. The standard InChI is InChI=1S/C16H17BrFNO2/c1-3-21-15-7-4-11(8-16(15)20-2)10-19-12-5-6-13(17)14(18)9-12/h4-9,19H,3,10H2,1-2H3. The molecule has 5 heteroatoms. The highest BCUT2D eigenvalue weighted by Gasteiger charge is 2.06. The summed E-state index contributed by atoms with van der Waals surface area (Å²) in [6.45, 7) is 3.09. The Morgan fingerprint density at radius 1 is 1.14 bits per heavy atom. The number of hydrogen-bond donors (Lipinski definition) is 1. The van der Waals surface area contributed by atoms with Gasteiger partial charge in [-0.25, -0.2) is 4.39 Å². The second-order valence-corrected chi connectivity index (χ2v) is 5.26. The molecule has 0 aliphatic heterocycles. The summed E-state index contributed by atoms with van der Waals surface area (Å²) < 4.78 is 24.7. The maximum atomic E-state index is 13.4. The smallest absolute Gasteiger partial charge is 0.161 e. The SMILES string of the molecule is CCOc1ccc(CNc2ccc(Br)c(F)c2)cc1OC. The highest BCUT2D eigenvalue weighted by Crippen LogP contribution is 2.28. The van der Waals surface area contributed by atoms with Crippen LogP contribution < -0.4 is 14.8 Å². The van der Waals surface area contributed by atoms with Crippen molar-refractivity contribution in [2.75, 3.05) is 19.0 Å². The summed E-state index contributed by atoms with van der Waals surface area (Å²) in [4.78, 5) is 0. The minimum absolute atomic E-state index is 0.288. The molecule has 0 fully saturated rings. The van der Waals surface area contributed by atoms with Crippen molar-refractivity contribution in [1.29, 1.82) is 0 Å². The van der Waals surface area contributed by atoms with Crippen LogP contribution in [0.4, 0.5) is 10.1 Å². The van der Waals surface area contributed by atoms with Gasteiger partial charge in [-0.1, -0.05) is 6.07 Å². The van der Waals surface area contributed by atoms with E-state index in [2.05, 4.69) is 21.2 Å². The van der Waals surface area contributed by atoms with E-state index in [9.17, 15) is 4.39 Å². The van der Waals surface area contributed by atoms with Crippen molar-refractivity contribution in [2.45, 2.75) is 13.5 Å². The van der Waals surface area contributed by atoms with Gasteiger partial charge >= 0.3 is 0 Å². The predicted octanol–water partition coefficient (Wildman–Crippen LogP) is 4.61. The minimum Gasteiger partial charge on any atom is -0.493 e. The third-order valence-corrected chi connectivity index (χ3v) is 3.59. The van der Waals surface area contributed by atoms with Crippen molar-refractivity contribution >= 4 is 21.6 Å².